The van der Waals surface area contributed by atoms with Crippen LogP contribution in [0.3, 0.4) is 0 Å². The van der Waals surface area contributed by atoms with E-state index in [1.54, 1.807) is 0 Å². The van der Waals surface area contributed by atoms with E-state index < -0.39 is 5.60 Å². The number of nitrogens with one attached hydrogen (secondary N) is 1. The number of hydrogen-bond donors (Lipinski definition) is 3. The van der Waals surface area contributed by atoms with Gasteiger partial charge < -0.3 is 21.5 Å². The van der Waals surface area contributed by atoms with Crippen LogP contribution >= 0.6 is 0 Å². The molecule has 0 heterocycles. The second kappa shape index (κ2) is 7.47. The summed E-state index contributed by atoms with van der Waals surface area (Å²) in [6.07, 6.45) is 4.93. The lowest BCUT2D eigenvalue weighted by atomic mass is 9.92. The van der Waals surface area contributed by atoms with E-state index in [0.717, 1.165) is 19.3 Å². The number of nitrogens with zero attached hydrogens (tertiary/aromatic N) is 1. The minimum atomic E-state index is -0.462. The van der Waals surface area contributed by atoms with Crippen molar-refractivity contribution < 1.29 is 9.53 Å². The Hall–Kier alpha value is -1.30. The maximum absolute atomic E-state index is 12.2. The van der Waals surface area contributed by atoms with Gasteiger partial charge in [-0.2, -0.15) is 0 Å². The van der Waals surface area contributed by atoms with Crippen molar-refractivity contribution in [3.8, 4) is 0 Å². The van der Waals surface area contributed by atoms with E-state index in [2.05, 4.69) is 10.3 Å². The quantitative estimate of drug-likeness (QED) is 0.279. The van der Waals surface area contributed by atoms with Crippen LogP contribution in [0.25, 0.3) is 0 Å². The van der Waals surface area contributed by atoms with E-state index in [9.17, 15) is 4.79 Å². The van der Waals surface area contributed by atoms with Gasteiger partial charge in [0.1, 0.15) is 11.6 Å². The zero-order valence-electron chi connectivity index (χ0n) is 12.8. The molecular formula is C14H28N4O2. The normalized spacial score (nSPS) is 17.1. The third kappa shape index (κ3) is 6.75. The number of hydrogen-bond acceptors (Lipinski definition) is 4. The first-order valence-electron chi connectivity index (χ1n) is 7.32. The van der Waals surface area contributed by atoms with Gasteiger partial charge in [0.25, 0.3) is 0 Å². The zero-order chi connectivity index (χ0) is 15.2. The number of guanidine groups is 1. The Morgan fingerprint density at radius 1 is 1.40 bits per heavy atom. The Morgan fingerprint density at radius 3 is 2.50 bits per heavy atom. The van der Waals surface area contributed by atoms with Gasteiger partial charge in [0.05, 0.1) is 0 Å². The van der Waals surface area contributed by atoms with Crippen LogP contribution in [0.4, 0.5) is 0 Å². The predicted molar refractivity (Wildman–Crippen MR) is 80.3 cm³/mol. The van der Waals surface area contributed by atoms with Crippen LogP contribution in [0.2, 0.25) is 0 Å². The Morgan fingerprint density at radius 2 is 2.05 bits per heavy atom. The van der Waals surface area contributed by atoms with Gasteiger partial charge in [-0.05, 0) is 46.5 Å². The van der Waals surface area contributed by atoms with Crippen molar-refractivity contribution >= 4 is 11.9 Å². The summed E-state index contributed by atoms with van der Waals surface area (Å²) < 4.78 is 5.46. The van der Waals surface area contributed by atoms with Gasteiger partial charge in [0.15, 0.2) is 5.96 Å². The SMILES string of the molecule is CC(C)(C)OC(=O)C(CCCN=C(N)N)NC1CCC1. The van der Waals surface area contributed by atoms with Crippen LogP contribution in [0, 0.1) is 0 Å². The molecule has 0 amide bonds. The molecule has 1 unspecified atom stereocenters. The Kier molecular flexibility index (Phi) is 6.26. The summed E-state index contributed by atoms with van der Waals surface area (Å²) in [4.78, 5) is 16.1. The molecule has 1 aliphatic rings. The minimum absolute atomic E-state index is 0.0887. The van der Waals surface area contributed by atoms with E-state index in [1.165, 1.54) is 6.42 Å². The van der Waals surface area contributed by atoms with Gasteiger partial charge in [-0.25, -0.2) is 0 Å². The fourth-order valence-electron chi connectivity index (χ4n) is 2.01. The molecule has 1 saturated carbocycles. The average Bonchev–Trinajstić information content (AvgIpc) is 2.22. The molecule has 0 bridgehead atoms. The lowest BCUT2D eigenvalue weighted by Crippen LogP contribution is -2.48. The first kappa shape index (κ1) is 16.8. The van der Waals surface area contributed by atoms with E-state index in [1.807, 2.05) is 20.8 Å². The van der Waals surface area contributed by atoms with Gasteiger partial charge >= 0.3 is 5.97 Å². The number of carbonyl (C=O) groups excluding carboxylic acids is 1. The number of esters is 1. The van der Waals surface area contributed by atoms with Gasteiger partial charge in [-0.1, -0.05) is 6.42 Å². The first-order chi connectivity index (χ1) is 9.28. The van der Waals surface area contributed by atoms with E-state index in [-0.39, 0.29) is 18.0 Å². The van der Waals surface area contributed by atoms with Crippen molar-refractivity contribution in [3.63, 3.8) is 0 Å². The molecule has 1 rings (SSSR count). The highest BCUT2D eigenvalue weighted by Crippen LogP contribution is 2.20. The molecule has 116 valence electrons. The summed E-state index contributed by atoms with van der Waals surface area (Å²) in [5, 5.41) is 3.38. The second-order valence-electron chi connectivity index (χ2n) is 6.33. The van der Waals surface area contributed by atoms with Gasteiger partial charge in [-0.15, -0.1) is 0 Å². The average molecular weight is 284 g/mol. The highest BCUT2D eigenvalue weighted by atomic mass is 16.6. The van der Waals surface area contributed by atoms with Crippen LogP contribution in [0.1, 0.15) is 52.9 Å². The molecule has 0 radical (unpaired) electrons. The Balaban J connectivity index is 2.45. The monoisotopic (exact) mass is 284 g/mol. The lowest BCUT2D eigenvalue weighted by Gasteiger charge is -2.32. The summed E-state index contributed by atoms with van der Waals surface area (Å²) in [7, 11) is 0. The number of carbonyl (C=O) groups is 1. The smallest absolute Gasteiger partial charge is 0.323 e. The number of rotatable bonds is 7. The molecule has 0 aromatic rings. The molecular weight excluding hydrogens is 256 g/mol. The summed E-state index contributed by atoms with van der Waals surface area (Å²) in [6.45, 7) is 6.17. The molecule has 0 aromatic carbocycles. The fraction of sp³-hybridized carbons (Fsp3) is 0.857. The standard InChI is InChI=1S/C14H28N4O2/c1-14(2,3)20-12(19)11(18-10-6-4-7-10)8-5-9-17-13(15)16/h10-11,18H,4-9H2,1-3H3,(H4,15,16,17). The predicted octanol–water partition coefficient (Wildman–Crippen LogP) is 0.892. The van der Waals surface area contributed by atoms with Gasteiger partial charge in [-0.3, -0.25) is 9.79 Å². The van der Waals surface area contributed by atoms with Crippen LogP contribution in [0.15, 0.2) is 4.99 Å². The van der Waals surface area contributed by atoms with Crippen LogP contribution in [-0.2, 0) is 9.53 Å². The molecule has 5 N–H and O–H groups in total. The number of aliphatic imine (C=N–C) groups is 1. The van der Waals surface area contributed by atoms with Crippen molar-refractivity contribution in [2.24, 2.45) is 16.5 Å². The minimum Gasteiger partial charge on any atom is -0.459 e. The molecule has 0 saturated heterocycles. The Bertz CT molecular complexity index is 342. The summed E-state index contributed by atoms with van der Waals surface area (Å²) in [5.74, 6) is -0.0973. The van der Waals surface area contributed by atoms with Gasteiger partial charge in [0, 0.05) is 12.6 Å². The van der Waals surface area contributed by atoms with Crippen molar-refractivity contribution in [2.75, 3.05) is 6.54 Å². The van der Waals surface area contributed by atoms with Crippen LogP contribution < -0.4 is 16.8 Å². The first-order valence-corrected chi connectivity index (χ1v) is 7.32. The van der Waals surface area contributed by atoms with Crippen molar-refractivity contribution in [1.29, 1.82) is 0 Å². The van der Waals surface area contributed by atoms with Crippen LogP contribution in [0.5, 0.6) is 0 Å². The number of nitrogens with two attached hydrogens (primary N) is 2. The maximum Gasteiger partial charge on any atom is 0.323 e. The Labute approximate surface area is 121 Å². The molecule has 0 aliphatic heterocycles. The molecule has 6 heteroatoms. The second-order valence-corrected chi connectivity index (χ2v) is 6.33. The highest BCUT2D eigenvalue weighted by Gasteiger charge is 2.28. The molecule has 6 nitrogen and oxygen atoms in total. The van der Waals surface area contributed by atoms with E-state index >= 15 is 0 Å². The molecule has 1 atom stereocenters. The summed E-state index contributed by atoms with van der Waals surface area (Å²) in [6, 6.07) is 0.171. The molecule has 1 aliphatic carbocycles. The van der Waals surface area contributed by atoms with Crippen molar-refractivity contribution in [3.05, 3.63) is 0 Å². The van der Waals surface area contributed by atoms with Crippen molar-refractivity contribution in [1.82, 2.24) is 5.32 Å². The number of ether oxygens (including phenoxy) is 1. The third-order valence-electron chi connectivity index (χ3n) is 3.18. The highest BCUT2D eigenvalue weighted by molar-refractivity contribution is 5.76. The van der Waals surface area contributed by atoms with Crippen molar-refractivity contribution in [2.45, 2.75) is 70.6 Å². The fourth-order valence-corrected chi connectivity index (χ4v) is 2.01. The molecule has 0 spiro atoms. The molecule has 20 heavy (non-hydrogen) atoms. The van der Waals surface area contributed by atoms with Crippen LogP contribution in [-0.4, -0.2) is 36.2 Å². The summed E-state index contributed by atoms with van der Waals surface area (Å²) >= 11 is 0. The van der Waals surface area contributed by atoms with E-state index in [4.69, 9.17) is 16.2 Å². The van der Waals surface area contributed by atoms with Gasteiger partial charge in [0.2, 0.25) is 0 Å². The zero-order valence-corrected chi connectivity index (χ0v) is 12.8. The topological polar surface area (TPSA) is 103 Å². The molecule has 1 fully saturated rings. The summed E-state index contributed by atoms with van der Waals surface area (Å²) in [5.41, 5.74) is 10.1. The van der Waals surface area contributed by atoms with E-state index in [0.29, 0.717) is 19.0 Å². The third-order valence-corrected chi connectivity index (χ3v) is 3.18. The maximum atomic E-state index is 12.2. The molecule has 0 aromatic heterocycles. The lowest BCUT2D eigenvalue weighted by molar-refractivity contribution is -0.158. The largest absolute Gasteiger partial charge is 0.459 e.